The molecule has 0 spiro atoms. The first-order chi connectivity index (χ1) is 15.7. The van der Waals surface area contributed by atoms with Gasteiger partial charge in [-0.15, -0.1) is 0 Å². The average Bonchev–Trinajstić information content (AvgIpc) is 2.74. The minimum Gasteiger partial charge on any atom is -0.492 e. The number of amides is 1. The first kappa shape index (κ1) is 24.5. The van der Waals surface area contributed by atoms with Crippen molar-refractivity contribution in [3.8, 4) is 5.75 Å². The van der Waals surface area contributed by atoms with E-state index >= 15 is 0 Å². The summed E-state index contributed by atoms with van der Waals surface area (Å²) in [5.74, 6) is 0.0666. The molecule has 0 aliphatic heterocycles. The minimum atomic E-state index is -3.96. The molecular formula is C26H30N2O4S. The highest BCUT2D eigenvalue weighted by molar-refractivity contribution is 7.89. The van der Waals surface area contributed by atoms with E-state index in [4.69, 9.17) is 4.74 Å². The lowest BCUT2D eigenvalue weighted by Gasteiger charge is -2.21. The summed E-state index contributed by atoms with van der Waals surface area (Å²) in [5.41, 5.74) is 3.59. The van der Waals surface area contributed by atoms with E-state index in [1.165, 1.54) is 0 Å². The number of hydrogen-bond acceptors (Lipinski definition) is 4. The van der Waals surface area contributed by atoms with Crippen molar-refractivity contribution in [2.24, 2.45) is 0 Å². The van der Waals surface area contributed by atoms with Gasteiger partial charge in [-0.1, -0.05) is 60.2 Å². The lowest BCUT2D eigenvalue weighted by molar-refractivity contribution is -0.117. The number of benzene rings is 3. The monoisotopic (exact) mass is 466 g/mol. The molecule has 0 radical (unpaired) electrons. The van der Waals surface area contributed by atoms with Crippen molar-refractivity contribution < 1.29 is 17.9 Å². The number of anilines is 1. The highest BCUT2D eigenvalue weighted by Crippen LogP contribution is 2.25. The van der Waals surface area contributed by atoms with Crippen LogP contribution < -0.4 is 14.8 Å². The molecule has 2 N–H and O–H groups in total. The van der Waals surface area contributed by atoms with Gasteiger partial charge in [-0.05, 0) is 62.9 Å². The summed E-state index contributed by atoms with van der Waals surface area (Å²) in [5, 5.41) is 2.84. The molecule has 7 heteroatoms. The van der Waals surface area contributed by atoms with Crippen LogP contribution in [0.3, 0.4) is 0 Å². The lowest BCUT2D eigenvalue weighted by atomic mass is 10.1. The van der Waals surface area contributed by atoms with Crippen molar-refractivity contribution in [3.63, 3.8) is 0 Å². The molecular weight excluding hydrogens is 436 g/mol. The summed E-state index contributed by atoms with van der Waals surface area (Å²) in [6, 6.07) is 19.0. The van der Waals surface area contributed by atoms with Gasteiger partial charge in [0.2, 0.25) is 15.9 Å². The van der Waals surface area contributed by atoms with E-state index in [2.05, 4.69) is 10.0 Å². The van der Waals surface area contributed by atoms with Crippen LogP contribution in [0.2, 0.25) is 0 Å². The molecule has 3 rings (SSSR count). The normalized spacial score (nSPS) is 12.2. The molecule has 0 aliphatic carbocycles. The number of carbonyl (C=O) groups excluding carboxylic acids is 1. The maximum absolute atomic E-state index is 13.4. The maximum Gasteiger partial charge on any atom is 0.243 e. The number of hydrogen-bond donors (Lipinski definition) is 2. The van der Waals surface area contributed by atoms with Gasteiger partial charge in [-0.3, -0.25) is 4.79 Å². The van der Waals surface area contributed by atoms with E-state index in [1.54, 1.807) is 32.0 Å². The average molecular weight is 467 g/mol. The highest BCUT2D eigenvalue weighted by Gasteiger charge is 2.29. The van der Waals surface area contributed by atoms with Gasteiger partial charge in [0.15, 0.2) is 0 Å². The first-order valence-electron chi connectivity index (χ1n) is 10.9. The summed E-state index contributed by atoms with van der Waals surface area (Å²) in [7, 11) is -3.96. The summed E-state index contributed by atoms with van der Waals surface area (Å²) < 4.78 is 35.0. The van der Waals surface area contributed by atoms with Crippen molar-refractivity contribution in [1.82, 2.24) is 4.72 Å². The van der Waals surface area contributed by atoms with Gasteiger partial charge in [0.05, 0.1) is 17.2 Å². The second kappa shape index (κ2) is 10.6. The predicted molar refractivity (Wildman–Crippen MR) is 131 cm³/mol. The zero-order valence-electron chi connectivity index (χ0n) is 19.4. The number of rotatable bonds is 9. The Balaban J connectivity index is 1.94. The van der Waals surface area contributed by atoms with E-state index in [0.29, 0.717) is 29.2 Å². The molecule has 1 atom stereocenters. The Kier molecular flexibility index (Phi) is 7.89. The number of carbonyl (C=O) groups is 1. The van der Waals surface area contributed by atoms with E-state index in [9.17, 15) is 13.2 Å². The molecule has 0 unspecified atom stereocenters. The fourth-order valence-corrected chi connectivity index (χ4v) is 5.59. The van der Waals surface area contributed by atoms with Crippen molar-refractivity contribution in [2.45, 2.75) is 45.1 Å². The third-order valence-corrected chi connectivity index (χ3v) is 6.99. The summed E-state index contributed by atoms with van der Waals surface area (Å²) in [4.78, 5) is 13.5. The molecule has 0 fully saturated rings. The second-order valence-corrected chi connectivity index (χ2v) is 9.66. The third-order valence-electron chi connectivity index (χ3n) is 5.21. The van der Waals surface area contributed by atoms with Crippen LogP contribution in [0.4, 0.5) is 5.69 Å². The first-order valence-corrected chi connectivity index (χ1v) is 12.4. The minimum absolute atomic E-state index is 0.201. The Hall–Kier alpha value is -3.16. The lowest BCUT2D eigenvalue weighted by Crippen LogP contribution is -2.45. The Labute approximate surface area is 196 Å². The van der Waals surface area contributed by atoms with E-state index < -0.39 is 22.0 Å². The Morgan fingerprint density at radius 1 is 0.939 bits per heavy atom. The fraction of sp³-hybridized carbons (Fsp3) is 0.269. The molecule has 33 heavy (non-hydrogen) atoms. The molecule has 0 saturated carbocycles. The highest BCUT2D eigenvalue weighted by atomic mass is 32.2. The van der Waals surface area contributed by atoms with Gasteiger partial charge in [0.25, 0.3) is 0 Å². The van der Waals surface area contributed by atoms with Gasteiger partial charge in [0.1, 0.15) is 11.8 Å². The van der Waals surface area contributed by atoms with Crippen LogP contribution in [0.5, 0.6) is 5.75 Å². The van der Waals surface area contributed by atoms with Crippen molar-refractivity contribution in [3.05, 3.63) is 89.0 Å². The van der Waals surface area contributed by atoms with Crippen molar-refractivity contribution in [1.29, 1.82) is 0 Å². The van der Waals surface area contributed by atoms with E-state index in [1.807, 2.05) is 62.4 Å². The standard InChI is InChI=1S/C26H30N2O4S/c1-5-32-24-14-10-9-13-22(24)27-26(29)23(17-21-11-7-6-8-12-21)28-33(30,31)25-19(3)15-18(2)16-20(25)4/h6-16,23,28H,5,17H2,1-4H3,(H,27,29)/t23-/m1/s1. The van der Waals surface area contributed by atoms with Crippen LogP contribution in [-0.2, 0) is 21.2 Å². The number of nitrogens with one attached hydrogen (secondary N) is 2. The molecule has 174 valence electrons. The van der Waals surface area contributed by atoms with Crippen molar-refractivity contribution in [2.75, 3.05) is 11.9 Å². The molecule has 0 bridgehead atoms. The number of aryl methyl sites for hydroxylation is 3. The molecule has 0 saturated heterocycles. The van der Waals surface area contributed by atoms with Gasteiger partial charge in [0, 0.05) is 0 Å². The molecule has 3 aromatic carbocycles. The largest absolute Gasteiger partial charge is 0.492 e. The summed E-state index contributed by atoms with van der Waals surface area (Å²) >= 11 is 0. The molecule has 0 aliphatic rings. The van der Waals surface area contributed by atoms with Gasteiger partial charge < -0.3 is 10.1 Å². The Morgan fingerprint density at radius 2 is 1.55 bits per heavy atom. The SMILES string of the molecule is CCOc1ccccc1NC(=O)[C@@H](Cc1ccccc1)NS(=O)(=O)c1c(C)cc(C)cc1C. The molecule has 3 aromatic rings. The van der Waals surface area contributed by atoms with E-state index in [0.717, 1.165) is 11.1 Å². The summed E-state index contributed by atoms with van der Waals surface area (Å²) in [6.45, 7) is 7.75. The topological polar surface area (TPSA) is 84.5 Å². The van der Waals surface area contributed by atoms with Gasteiger partial charge in [-0.2, -0.15) is 4.72 Å². The van der Waals surface area contributed by atoms with Crippen LogP contribution in [-0.4, -0.2) is 27.0 Å². The number of ether oxygens (including phenoxy) is 1. The molecule has 0 aromatic heterocycles. The fourth-order valence-electron chi connectivity index (χ4n) is 3.95. The quantitative estimate of drug-likeness (QED) is 0.485. The van der Waals surface area contributed by atoms with E-state index in [-0.39, 0.29) is 11.3 Å². The number of sulfonamides is 1. The number of para-hydroxylation sites is 2. The maximum atomic E-state index is 13.4. The van der Waals surface area contributed by atoms with Crippen LogP contribution in [0.1, 0.15) is 29.2 Å². The predicted octanol–water partition coefficient (Wildman–Crippen LogP) is 4.54. The van der Waals surface area contributed by atoms with Crippen LogP contribution >= 0.6 is 0 Å². The van der Waals surface area contributed by atoms with Gasteiger partial charge >= 0.3 is 0 Å². The molecule has 0 heterocycles. The molecule has 6 nitrogen and oxygen atoms in total. The van der Waals surface area contributed by atoms with Gasteiger partial charge in [-0.25, -0.2) is 8.42 Å². The van der Waals surface area contributed by atoms with Crippen LogP contribution in [0.25, 0.3) is 0 Å². The van der Waals surface area contributed by atoms with Crippen LogP contribution in [0.15, 0.2) is 71.6 Å². The third kappa shape index (κ3) is 6.21. The smallest absolute Gasteiger partial charge is 0.243 e. The zero-order valence-corrected chi connectivity index (χ0v) is 20.2. The summed E-state index contributed by atoms with van der Waals surface area (Å²) in [6.07, 6.45) is 0.201. The Morgan fingerprint density at radius 3 is 2.18 bits per heavy atom. The van der Waals surface area contributed by atoms with Crippen LogP contribution in [0, 0.1) is 20.8 Å². The second-order valence-electron chi connectivity index (χ2n) is 8.01. The zero-order chi connectivity index (χ0) is 24.0. The van der Waals surface area contributed by atoms with Crippen molar-refractivity contribution >= 4 is 21.6 Å². The Bertz CT molecular complexity index is 1200. The molecule has 1 amide bonds.